The number of halogens is 1. The number of benzene rings is 2. The highest BCUT2D eigenvalue weighted by Crippen LogP contribution is 2.38. The van der Waals surface area contributed by atoms with Gasteiger partial charge >= 0.3 is 0 Å². The molecular formula is C21H18BrNO6. The highest BCUT2D eigenvalue weighted by molar-refractivity contribution is 9.10. The molecule has 8 heteroatoms. The Kier molecular flexibility index (Phi) is 6.46. The number of Topliss-reactive ketones (excluding diaryl/α,β-unsaturated/α-hetero) is 1. The first-order valence-electron chi connectivity index (χ1n) is 8.52. The van der Waals surface area contributed by atoms with Crippen LogP contribution in [0.4, 0.5) is 0 Å². The molecule has 1 aromatic heterocycles. The molecule has 0 bridgehead atoms. The third-order valence-corrected chi connectivity index (χ3v) is 5.09. The molecule has 0 aliphatic carbocycles. The lowest BCUT2D eigenvalue weighted by atomic mass is 10.0. The summed E-state index contributed by atoms with van der Waals surface area (Å²) in [5.74, 6) is 0.585. The van der Waals surface area contributed by atoms with Crippen LogP contribution in [0.1, 0.15) is 32.7 Å². The van der Waals surface area contributed by atoms with Gasteiger partial charge in [-0.2, -0.15) is 0 Å². The van der Waals surface area contributed by atoms with E-state index in [1.165, 1.54) is 13.4 Å². The number of hydrogen-bond acceptors (Lipinski definition) is 7. The SMILES string of the molecule is COc1cc(-c2coc(C(=O)C(OC)c3ccc(C=O)cc3)n2)cc(OC)c1Br. The zero-order chi connectivity index (χ0) is 21.0. The van der Waals surface area contributed by atoms with Gasteiger partial charge in [0.15, 0.2) is 6.10 Å². The Balaban J connectivity index is 1.92. The lowest BCUT2D eigenvalue weighted by Crippen LogP contribution is -2.15. The predicted molar refractivity (Wildman–Crippen MR) is 109 cm³/mol. The number of carbonyl (C=O) groups is 2. The number of aromatic nitrogens is 1. The van der Waals surface area contributed by atoms with Crippen LogP contribution >= 0.6 is 15.9 Å². The second-order valence-corrected chi connectivity index (χ2v) is 6.79. The van der Waals surface area contributed by atoms with Gasteiger partial charge in [-0.3, -0.25) is 9.59 Å². The van der Waals surface area contributed by atoms with Crippen LogP contribution < -0.4 is 9.47 Å². The number of hydrogen-bond donors (Lipinski definition) is 0. The molecule has 1 unspecified atom stereocenters. The van der Waals surface area contributed by atoms with E-state index in [1.807, 2.05) is 0 Å². The van der Waals surface area contributed by atoms with Crippen molar-refractivity contribution in [2.24, 2.45) is 0 Å². The van der Waals surface area contributed by atoms with Crippen LogP contribution in [-0.2, 0) is 4.74 Å². The topological polar surface area (TPSA) is 87.9 Å². The van der Waals surface area contributed by atoms with Crippen molar-refractivity contribution in [1.82, 2.24) is 4.98 Å². The fourth-order valence-electron chi connectivity index (χ4n) is 2.79. The van der Waals surface area contributed by atoms with Gasteiger partial charge < -0.3 is 18.6 Å². The highest BCUT2D eigenvalue weighted by Gasteiger charge is 2.26. The lowest BCUT2D eigenvalue weighted by molar-refractivity contribution is 0.0569. The van der Waals surface area contributed by atoms with Crippen LogP contribution in [0.15, 0.2) is 51.6 Å². The van der Waals surface area contributed by atoms with E-state index in [-0.39, 0.29) is 5.89 Å². The summed E-state index contributed by atoms with van der Waals surface area (Å²) in [5.41, 5.74) is 2.21. The molecule has 2 aromatic carbocycles. The third-order valence-electron chi connectivity index (χ3n) is 4.31. The van der Waals surface area contributed by atoms with Crippen molar-refractivity contribution in [3.63, 3.8) is 0 Å². The van der Waals surface area contributed by atoms with E-state index < -0.39 is 11.9 Å². The maximum Gasteiger partial charge on any atom is 0.266 e. The van der Waals surface area contributed by atoms with Crippen molar-refractivity contribution in [2.45, 2.75) is 6.10 Å². The Morgan fingerprint density at radius 1 is 1.10 bits per heavy atom. The first kappa shape index (κ1) is 20.8. The summed E-state index contributed by atoms with van der Waals surface area (Å²) in [4.78, 5) is 28.0. The Bertz CT molecular complexity index is 1000. The fraction of sp³-hybridized carbons (Fsp3) is 0.190. The smallest absolute Gasteiger partial charge is 0.266 e. The molecule has 0 fully saturated rings. The van der Waals surface area contributed by atoms with Crippen molar-refractivity contribution in [2.75, 3.05) is 21.3 Å². The van der Waals surface area contributed by atoms with E-state index in [0.717, 1.165) is 6.29 Å². The molecule has 3 rings (SSSR count). The van der Waals surface area contributed by atoms with Crippen LogP contribution in [0.25, 0.3) is 11.3 Å². The minimum Gasteiger partial charge on any atom is -0.495 e. The molecule has 150 valence electrons. The normalized spacial score (nSPS) is 11.7. The molecule has 0 radical (unpaired) electrons. The molecule has 0 saturated carbocycles. The molecule has 1 heterocycles. The van der Waals surface area contributed by atoms with E-state index in [4.69, 9.17) is 18.6 Å². The molecule has 0 aliphatic heterocycles. The number of methoxy groups -OCH3 is 3. The Hall–Kier alpha value is -2.97. The maximum atomic E-state index is 12.9. The van der Waals surface area contributed by atoms with Gasteiger partial charge in [-0.05, 0) is 33.6 Å². The number of nitrogens with zero attached hydrogens (tertiary/aromatic N) is 1. The minimum absolute atomic E-state index is 0.0906. The number of carbonyl (C=O) groups excluding carboxylic acids is 2. The van der Waals surface area contributed by atoms with E-state index in [2.05, 4.69) is 20.9 Å². The van der Waals surface area contributed by atoms with Gasteiger partial charge in [-0.15, -0.1) is 0 Å². The zero-order valence-electron chi connectivity index (χ0n) is 16.0. The summed E-state index contributed by atoms with van der Waals surface area (Å²) in [5, 5.41) is 0. The van der Waals surface area contributed by atoms with E-state index in [1.54, 1.807) is 50.6 Å². The number of aldehydes is 1. The molecule has 7 nitrogen and oxygen atoms in total. The van der Waals surface area contributed by atoms with Gasteiger partial charge in [0.1, 0.15) is 34.2 Å². The number of rotatable bonds is 8. The first-order chi connectivity index (χ1) is 14.0. The van der Waals surface area contributed by atoms with E-state index in [9.17, 15) is 9.59 Å². The van der Waals surface area contributed by atoms with Crippen molar-refractivity contribution >= 4 is 28.0 Å². The van der Waals surface area contributed by atoms with Crippen molar-refractivity contribution in [1.29, 1.82) is 0 Å². The lowest BCUT2D eigenvalue weighted by Gasteiger charge is -2.12. The Morgan fingerprint density at radius 2 is 1.72 bits per heavy atom. The van der Waals surface area contributed by atoms with Gasteiger partial charge in [0.2, 0.25) is 0 Å². The molecule has 0 saturated heterocycles. The Labute approximate surface area is 175 Å². The first-order valence-corrected chi connectivity index (χ1v) is 9.31. The van der Waals surface area contributed by atoms with Crippen LogP contribution in [0.3, 0.4) is 0 Å². The fourth-order valence-corrected chi connectivity index (χ4v) is 3.35. The molecule has 0 aliphatic rings. The van der Waals surface area contributed by atoms with Gasteiger partial charge in [0.25, 0.3) is 11.7 Å². The summed E-state index contributed by atoms with van der Waals surface area (Å²) < 4.78 is 22.1. The minimum atomic E-state index is -0.906. The molecule has 29 heavy (non-hydrogen) atoms. The quantitative estimate of drug-likeness (QED) is 0.361. The molecule has 0 amide bonds. The maximum absolute atomic E-state index is 12.9. The molecule has 0 spiro atoms. The van der Waals surface area contributed by atoms with E-state index >= 15 is 0 Å². The summed E-state index contributed by atoms with van der Waals surface area (Å²) in [7, 11) is 4.50. The highest BCUT2D eigenvalue weighted by atomic mass is 79.9. The van der Waals surface area contributed by atoms with Gasteiger partial charge in [0.05, 0.1) is 14.2 Å². The molecule has 1 atom stereocenters. The Morgan fingerprint density at radius 3 is 2.24 bits per heavy atom. The van der Waals surface area contributed by atoms with Crippen LogP contribution in [0.5, 0.6) is 11.5 Å². The summed E-state index contributed by atoms with van der Waals surface area (Å²) in [6.07, 6.45) is 1.21. The number of oxazole rings is 1. The van der Waals surface area contributed by atoms with Crippen molar-refractivity contribution in [3.05, 3.63) is 64.2 Å². The second kappa shape index (κ2) is 9.02. The third kappa shape index (κ3) is 4.23. The van der Waals surface area contributed by atoms with Crippen LogP contribution in [0.2, 0.25) is 0 Å². The largest absolute Gasteiger partial charge is 0.495 e. The van der Waals surface area contributed by atoms with Crippen molar-refractivity contribution in [3.8, 4) is 22.8 Å². The van der Waals surface area contributed by atoms with Crippen molar-refractivity contribution < 1.29 is 28.2 Å². The zero-order valence-corrected chi connectivity index (χ0v) is 17.6. The number of ketones is 1. The summed E-state index contributed by atoms with van der Waals surface area (Å²) in [6, 6.07) is 10.1. The average molecular weight is 460 g/mol. The standard InChI is InChI=1S/C21H18BrNO6/c1-26-16-8-14(9-17(27-2)18(16)22)15-11-29-21(23-15)19(25)20(28-3)13-6-4-12(10-24)5-7-13/h4-11,20H,1-3H3. The average Bonchev–Trinajstić information content (AvgIpc) is 3.25. The predicted octanol–water partition coefficient (Wildman–Crippen LogP) is 4.50. The number of ether oxygens (including phenoxy) is 3. The van der Waals surface area contributed by atoms with Crippen LogP contribution in [-0.4, -0.2) is 38.4 Å². The van der Waals surface area contributed by atoms with Gasteiger partial charge in [-0.25, -0.2) is 4.98 Å². The second-order valence-electron chi connectivity index (χ2n) is 6.00. The monoisotopic (exact) mass is 459 g/mol. The van der Waals surface area contributed by atoms with Crippen LogP contribution in [0, 0.1) is 0 Å². The summed E-state index contributed by atoms with van der Waals surface area (Å²) >= 11 is 3.41. The van der Waals surface area contributed by atoms with E-state index in [0.29, 0.717) is 38.4 Å². The molecular weight excluding hydrogens is 442 g/mol. The molecule has 3 aromatic rings. The van der Waals surface area contributed by atoms with Gasteiger partial charge in [-0.1, -0.05) is 24.3 Å². The summed E-state index contributed by atoms with van der Waals surface area (Å²) in [6.45, 7) is 0. The van der Waals surface area contributed by atoms with Gasteiger partial charge in [0, 0.05) is 18.2 Å². The molecule has 0 N–H and O–H groups in total.